The number of hydrogen-bond donors (Lipinski definition) is 1. The smallest absolute Gasteiger partial charge is 0.274 e. The Morgan fingerprint density at radius 3 is 2.88 bits per heavy atom. The molecule has 138 valence electrons. The molecule has 2 heterocycles. The van der Waals surface area contributed by atoms with Crippen LogP contribution in [-0.4, -0.2) is 57.8 Å². The quantitative estimate of drug-likeness (QED) is 0.790. The van der Waals surface area contributed by atoms with E-state index in [2.05, 4.69) is 25.7 Å². The third kappa shape index (κ3) is 4.29. The third-order valence-electron chi connectivity index (χ3n) is 4.96. The number of allylic oxidation sites excluding steroid dienone is 1. The van der Waals surface area contributed by atoms with Crippen LogP contribution in [0.25, 0.3) is 0 Å². The molecule has 1 unspecified atom stereocenters. The van der Waals surface area contributed by atoms with E-state index in [9.17, 15) is 4.79 Å². The van der Waals surface area contributed by atoms with Crippen molar-refractivity contribution in [2.24, 2.45) is 5.92 Å². The van der Waals surface area contributed by atoms with Crippen molar-refractivity contribution in [3.63, 3.8) is 0 Å². The molecule has 2 aliphatic rings. The topological polar surface area (TPSA) is 50.2 Å². The average molecular weight is 363 g/mol. The molecular weight excluding hydrogens is 332 g/mol. The van der Waals surface area contributed by atoms with Crippen molar-refractivity contribution in [1.82, 2.24) is 20.0 Å². The van der Waals surface area contributed by atoms with Crippen LogP contribution in [0.1, 0.15) is 42.0 Å². The second-order valence-electron chi connectivity index (χ2n) is 7.39. The molecule has 1 atom stereocenters. The van der Waals surface area contributed by atoms with Gasteiger partial charge in [-0.1, -0.05) is 19.9 Å². The zero-order valence-corrected chi connectivity index (χ0v) is 16.3. The molecule has 0 saturated carbocycles. The lowest BCUT2D eigenvalue weighted by Gasteiger charge is -2.28. The van der Waals surface area contributed by atoms with Crippen molar-refractivity contribution in [3.05, 3.63) is 29.6 Å². The minimum Gasteiger partial charge on any atom is -0.336 e. The Labute approximate surface area is 155 Å². The first kappa shape index (κ1) is 18.5. The van der Waals surface area contributed by atoms with Crippen LogP contribution in [0.5, 0.6) is 0 Å². The molecule has 3 rings (SSSR count). The Morgan fingerprint density at radius 2 is 2.20 bits per heavy atom. The molecule has 0 bridgehead atoms. The van der Waals surface area contributed by atoms with Gasteiger partial charge in [0.15, 0.2) is 5.69 Å². The van der Waals surface area contributed by atoms with Gasteiger partial charge in [0.2, 0.25) is 0 Å². The summed E-state index contributed by atoms with van der Waals surface area (Å²) in [5.74, 6) is 2.81. The molecular formula is C19H30N4OS. The molecule has 5 nitrogen and oxygen atoms in total. The Bertz CT molecular complexity index is 619. The van der Waals surface area contributed by atoms with E-state index in [1.54, 1.807) is 0 Å². The number of aromatic nitrogens is 2. The number of carbonyl (C=O) groups is 1. The van der Waals surface area contributed by atoms with Crippen LogP contribution < -0.4 is 5.32 Å². The number of hydrogen-bond acceptors (Lipinski definition) is 4. The normalized spacial score (nSPS) is 20.6. The van der Waals surface area contributed by atoms with Gasteiger partial charge in [0, 0.05) is 41.9 Å². The predicted octanol–water partition coefficient (Wildman–Crippen LogP) is 2.36. The fraction of sp³-hybridized carbons (Fsp3) is 0.684. The second kappa shape index (κ2) is 8.41. The standard InChI is InChI=1S/C19H30N4OS/c1-4-7-23-17-6-5-15(20-13-14(2)3)12-16(17)18(21-23)19(24)22-8-10-25-11-9-22/h4,14-15,20H,1,5-13H2,2-3H3. The maximum atomic E-state index is 13.1. The van der Waals surface area contributed by atoms with Crippen molar-refractivity contribution in [2.75, 3.05) is 31.1 Å². The van der Waals surface area contributed by atoms with Crippen LogP contribution in [0.2, 0.25) is 0 Å². The van der Waals surface area contributed by atoms with E-state index >= 15 is 0 Å². The summed E-state index contributed by atoms with van der Waals surface area (Å²) in [4.78, 5) is 15.0. The van der Waals surface area contributed by atoms with Gasteiger partial charge in [-0.3, -0.25) is 9.48 Å². The van der Waals surface area contributed by atoms with Crippen molar-refractivity contribution in [1.29, 1.82) is 0 Å². The number of amides is 1. The molecule has 1 aromatic heterocycles. The molecule has 25 heavy (non-hydrogen) atoms. The van der Waals surface area contributed by atoms with Gasteiger partial charge >= 0.3 is 0 Å². The summed E-state index contributed by atoms with van der Waals surface area (Å²) in [6.45, 7) is 11.7. The Balaban J connectivity index is 1.83. The summed E-state index contributed by atoms with van der Waals surface area (Å²) in [6, 6.07) is 0.444. The van der Waals surface area contributed by atoms with Gasteiger partial charge in [0.1, 0.15) is 0 Å². The Kier molecular flexibility index (Phi) is 6.23. The number of nitrogens with zero attached hydrogens (tertiary/aromatic N) is 3. The van der Waals surface area contributed by atoms with Crippen molar-refractivity contribution < 1.29 is 4.79 Å². The molecule has 1 aromatic rings. The van der Waals surface area contributed by atoms with Crippen LogP contribution in [0.15, 0.2) is 12.7 Å². The van der Waals surface area contributed by atoms with Gasteiger partial charge in [-0.25, -0.2) is 0 Å². The molecule has 1 aliphatic carbocycles. The first-order valence-corrected chi connectivity index (χ1v) is 10.6. The highest BCUT2D eigenvalue weighted by Crippen LogP contribution is 2.27. The fourth-order valence-electron chi connectivity index (χ4n) is 3.63. The predicted molar refractivity (Wildman–Crippen MR) is 104 cm³/mol. The maximum Gasteiger partial charge on any atom is 0.274 e. The Morgan fingerprint density at radius 1 is 1.44 bits per heavy atom. The first-order chi connectivity index (χ1) is 12.1. The lowest BCUT2D eigenvalue weighted by molar-refractivity contribution is 0.0764. The van der Waals surface area contributed by atoms with Crippen LogP contribution in [0, 0.1) is 5.92 Å². The summed E-state index contributed by atoms with van der Waals surface area (Å²) in [7, 11) is 0. The van der Waals surface area contributed by atoms with Crippen LogP contribution in [-0.2, 0) is 19.4 Å². The van der Waals surface area contributed by atoms with E-state index < -0.39 is 0 Å². The first-order valence-electron chi connectivity index (χ1n) is 9.40. The Hall–Kier alpha value is -1.27. The number of nitrogens with one attached hydrogen (secondary N) is 1. The molecule has 1 fully saturated rings. The summed E-state index contributed by atoms with van der Waals surface area (Å²) in [6.07, 6.45) is 4.86. The highest BCUT2D eigenvalue weighted by atomic mass is 32.2. The molecule has 1 amide bonds. The van der Waals surface area contributed by atoms with Gasteiger partial charge in [-0.05, 0) is 31.7 Å². The molecule has 0 radical (unpaired) electrons. The molecule has 1 saturated heterocycles. The maximum absolute atomic E-state index is 13.1. The number of rotatable bonds is 6. The summed E-state index contributed by atoms with van der Waals surface area (Å²) in [5.41, 5.74) is 3.08. The van der Waals surface area contributed by atoms with Crippen molar-refractivity contribution in [3.8, 4) is 0 Å². The van der Waals surface area contributed by atoms with E-state index in [0.717, 1.165) is 56.0 Å². The van der Waals surface area contributed by atoms with Crippen molar-refractivity contribution >= 4 is 17.7 Å². The summed E-state index contributed by atoms with van der Waals surface area (Å²) >= 11 is 1.92. The van der Waals surface area contributed by atoms with E-state index in [0.29, 0.717) is 24.2 Å². The van der Waals surface area contributed by atoms with Crippen LogP contribution >= 0.6 is 11.8 Å². The van der Waals surface area contributed by atoms with E-state index in [-0.39, 0.29) is 5.91 Å². The highest BCUT2D eigenvalue weighted by molar-refractivity contribution is 7.99. The van der Waals surface area contributed by atoms with Gasteiger partial charge in [-0.15, -0.1) is 6.58 Å². The van der Waals surface area contributed by atoms with Crippen LogP contribution in [0.4, 0.5) is 0 Å². The largest absolute Gasteiger partial charge is 0.336 e. The van der Waals surface area contributed by atoms with Gasteiger partial charge < -0.3 is 10.2 Å². The average Bonchev–Trinajstić information content (AvgIpc) is 2.98. The van der Waals surface area contributed by atoms with E-state index in [1.165, 1.54) is 5.69 Å². The zero-order valence-electron chi connectivity index (χ0n) is 15.5. The minimum absolute atomic E-state index is 0.115. The second-order valence-corrected chi connectivity index (χ2v) is 8.62. The minimum atomic E-state index is 0.115. The molecule has 1 aliphatic heterocycles. The van der Waals surface area contributed by atoms with E-state index in [1.807, 2.05) is 27.4 Å². The van der Waals surface area contributed by atoms with Crippen molar-refractivity contribution in [2.45, 2.75) is 45.7 Å². The lowest BCUT2D eigenvalue weighted by atomic mass is 9.90. The highest BCUT2D eigenvalue weighted by Gasteiger charge is 2.31. The van der Waals surface area contributed by atoms with E-state index in [4.69, 9.17) is 5.10 Å². The SMILES string of the molecule is C=CCn1nc(C(=O)N2CCSCC2)c2c1CCC(NCC(C)C)C2. The summed E-state index contributed by atoms with van der Waals surface area (Å²) in [5, 5.41) is 8.37. The number of carbonyl (C=O) groups excluding carboxylic acids is 1. The molecule has 0 aromatic carbocycles. The molecule has 0 spiro atoms. The summed E-state index contributed by atoms with van der Waals surface area (Å²) < 4.78 is 1.99. The van der Waals surface area contributed by atoms with Gasteiger partial charge in [0.05, 0.1) is 6.54 Å². The van der Waals surface area contributed by atoms with Crippen LogP contribution in [0.3, 0.4) is 0 Å². The fourth-order valence-corrected chi connectivity index (χ4v) is 4.53. The lowest BCUT2D eigenvalue weighted by Crippen LogP contribution is -2.40. The zero-order chi connectivity index (χ0) is 17.8. The third-order valence-corrected chi connectivity index (χ3v) is 5.91. The number of thioether (sulfide) groups is 1. The van der Waals surface area contributed by atoms with Gasteiger partial charge in [0.25, 0.3) is 5.91 Å². The molecule has 6 heteroatoms. The number of fused-ring (bicyclic) bond motifs is 1. The molecule has 1 N–H and O–H groups in total. The monoisotopic (exact) mass is 362 g/mol. The van der Waals surface area contributed by atoms with Gasteiger partial charge in [-0.2, -0.15) is 16.9 Å².